The summed E-state index contributed by atoms with van der Waals surface area (Å²) in [6, 6.07) is 13.3. The van der Waals surface area contributed by atoms with Crippen LogP contribution in [0.15, 0.2) is 53.4 Å². The lowest BCUT2D eigenvalue weighted by Gasteiger charge is -2.26. The Hall–Kier alpha value is -2.21. The summed E-state index contributed by atoms with van der Waals surface area (Å²) in [5, 5.41) is 0. The van der Waals surface area contributed by atoms with Gasteiger partial charge in [0.25, 0.3) is 10.0 Å². The van der Waals surface area contributed by atoms with E-state index in [0.717, 1.165) is 12.8 Å². The first-order valence-corrected chi connectivity index (χ1v) is 9.08. The van der Waals surface area contributed by atoms with Crippen molar-refractivity contribution in [2.45, 2.75) is 30.8 Å². The number of hydrogen-bond acceptors (Lipinski definition) is 4. The molecule has 0 fully saturated rings. The van der Waals surface area contributed by atoms with E-state index in [1.165, 1.54) is 0 Å². The molecule has 1 aliphatic heterocycles. The van der Waals surface area contributed by atoms with Crippen LogP contribution in [0.4, 0.5) is 5.69 Å². The average Bonchev–Trinajstić information content (AvgIpc) is 2.56. The summed E-state index contributed by atoms with van der Waals surface area (Å²) >= 11 is 0. The summed E-state index contributed by atoms with van der Waals surface area (Å²) in [7, 11) is -3.61. The van der Waals surface area contributed by atoms with Crippen molar-refractivity contribution in [3.8, 4) is 11.5 Å². The molecule has 5 nitrogen and oxygen atoms in total. The second-order valence-corrected chi connectivity index (χ2v) is 7.10. The van der Waals surface area contributed by atoms with E-state index in [-0.39, 0.29) is 11.0 Å². The normalized spacial score (nSPS) is 16.8. The third-order valence-electron chi connectivity index (χ3n) is 3.58. The van der Waals surface area contributed by atoms with Gasteiger partial charge in [0.15, 0.2) is 11.5 Å². The van der Waals surface area contributed by atoms with Crippen molar-refractivity contribution >= 4 is 15.7 Å². The number of ether oxygens (including phenoxy) is 2. The third-order valence-corrected chi connectivity index (χ3v) is 4.98. The fourth-order valence-corrected chi connectivity index (χ4v) is 3.53. The van der Waals surface area contributed by atoms with Crippen molar-refractivity contribution in [3.63, 3.8) is 0 Å². The highest BCUT2D eigenvalue weighted by Crippen LogP contribution is 2.35. The molecule has 23 heavy (non-hydrogen) atoms. The highest BCUT2D eigenvalue weighted by molar-refractivity contribution is 7.92. The zero-order chi connectivity index (χ0) is 16.3. The molecule has 2 aromatic rings. The molecule has 1 N–H and O–H groups in total. The van der Waals surface area contributed by atoms with Gasteiger partial charge in [-0.2, -0.15) is 0 Å². The molecular weight excluding hydrogens is 314 g/mol. The van der Waals surface area contributed by atoms with E-state index in [1.54, 1.807) is 48.5 Å². The Balaban J connectivity index is 1.78. The van der Waals surface area contributed by atoms with Gasteiger partial charge in [-0.3, -0.25) is 4.72 Å². The van der Waals surface area contributed by atoms with Gasteiger partial charge in [0.1, 0.15) is 12.7 Å². The molecule has 0 spiro atoms. The lowest BCUT2D eigenvalue weighted by atomic mass is 10.2. The van der Waals surface area contributed by atoms with Crippen LogP contribution < -0.4 is 14.2 Å². The number of sulfonamides is 1. The molecule has 3 rings (SSSR count). The summed E-state index contributed by atoms with van der Waals surface area (Å²) < 4.78 is 38.7. The number of nitrogens with one attached hydrogen (secondary N) is 1. The smallest absolute Gasteiger partial charge is 0.261 e. The van der Waals surface area contributed by atoms with Gasteiger partial charge in [-0.25, -0.2) is 8.42 Å². The minimum atomic E-state index is -3.61. The van der Waals surface area contributed by atoms with E-state index in [0.29, 0.717) is 23.8 Å². The van der Waals surface area contributed by atoms with E-state index in [9.17, 15) is 8.42 Å². The predicted molar refractivity (Wildman–Crippen MR) is 88.5 cm³/mol. The van der Waals surface area contributed by atoms with Crippen molar-refractivity contribution < 1.29 is 17.9 Å². The van der Waals surface area contributed by atoms with Crippen LogP contribution in [0.25, 0.3) is 0 Å². The predicted octanol–water partition coefficient (Wildman–Crippen LogP) is 3.43. The van der Waals surface area contributed by atoms with Gasteiger partial charge >= 0.3 is 0 Å². The van der Waals surface area contributed by atoms with E-state index >= 15 is 0 Å². The number of hydrogen-bond donors (Lipinski definition) is 1. The number of fused-ring (bicyclic) bond motifs is 1. The minimum absolute atomic E-state index is 0.0550. The number of anilines is 1. The molecule has 0 aliphatic carbocycles. The van der Waals surface area contributed by atoms with Gasteiger partial charge in [-0.15, -0.1) is 0 Å². The molecule has 2 aromatic carbocycles. The second-order valence-electron chi connectivity index (χ2n) is 5.42. The molecule has 0 saturated heterocycles. The van der Waals surface area contributed by atoms with E-state index in [1.807, 2.05) is 0 Å². The maximum Gasteiger partial charge on any atom is 0.261 e. The van der Waals surface area contributed by atoms with Crippen molar-refractivity contribution in [2.75, 3.05) is 11.3 Å². The highest BCUT2D eigenvalue weighted by atomic mass is 32.2. The maximum absolute atomic E-state index is 12.3. The minimum Gasteiger partial charge on any atom is -0.486 e. The molecule has 0 bridgehead atoms. The Labute approximate surface area is 136 Å². The van der Waals surface area contributed by atoms with E-state index < -0.39 is 10.0 Å². The van der Waals surface area contributed by atoms with Crippen molar-refractivity contribution in [1.82, 2.24) is 0 Å². The Morgan fingerprint density at radius 3 is 2.65 bits per heavy atom. The monoisotopic (exact) mass is 333 g/mol. The Morgan fingerprint density at radius 1 is 1.13 bits per heavy atom. The largest absolute Gasteiger partial charge is 0.486 e. The Bertz CT molecular complexity index is 774. The van der Waals surface area contributed by atoms with Gasteiger partial charge in [0, 0.05) is 6.07 Å². The molecule has 0 saturated carbocycles. The standard InChI is InChI=1S/C17H19NO4S/c1-2-6-14-12-21-17-11-13(9-10-16(17)22-14)18-23(19,20)15-7-4-3-5-8-15/h3-5,7-11,14,18H,2,6,12H2,1H3. The van der Waals surface area contributed by atoms with Crippen LogP contribution >= 0.6 is 0 Å². The summed E-state index contributed by atoms with van der Waals surface area (Å²) in [4.78, 5) is 0.220. The zero-order valence-corrected chi connectivity index (χ0v) is 13.7. The number of rotatable bonds is 5. The van der Waals surface area contributed by atoms with Crippen molar-refractivity contribution in [2.24, 2.45) is 0 Å². The van der Waals surface area contributed by atoms with Crippen molar-refractivity contribution in [3.05, 3.63) is 48.5 Å². The highest BCUT2D eigenvalue weighted by Gasteiger charge is 2.21. The molecule has 122 valence electrons. The van der Waals surface area contributed by atoms with Gasteiger partial charge in [-0.05, 0) is 30.7 Å². The molecular formula is C17H19NO4S. The van der Waals surface area contributed by atoms with Crippen LogP contribution in [0.3, 0.4) is 0 Å². The van der Waals surface area contributed by atoms with Gasteiger partial charge < -0.3 is 9.47 Å². The first kappa shape index (κ1) is 15.7. The maximum atomic E-state index is 12.3. The van der Waals surface area contributed by atoms with E-state index in [2.05, 4.69) is 11.6 Å². The molecule has 1 unspecified atom stereocenters. The Kier molecular flexibility index (Phi) is 4.43. The lowest BCUT2D eigenvalue weighted by molar-refractivity contribution is 0.0844. The van der Waals surface area contributed by atoms with Gasteiger partial charge in [0.2, 0.25) is 0 Å². The quantitative estimate of drug-likeness (QED) is 0.910. The molecule has 1 heterocycles. The van der Waals surface area contributed by atoms with Gasteiger partial charge in [0.05, 0.1) is 10.6 Å². The molecule has 6 heteroatoms. The van der Waals surface area contributed by atoms with Crippen LogP contribution in [0, 0.1) is 0 Å². The Morgan fingerprint density at radius 2 is 1.91 bits per heavy atom. The number of benzene rings is 2. The van der Waals surface area contributed by atoms with Gasteiger partial charge in [-0.1, -0.05) is 31.5 Å². The average molecular weight is 333 g/mol. The topological polar surface area (TPSA) is 64.6 Å². The zero-order valence-electron chi connectivity index (χ0n) is 12.9. The van der Waals surface area contributed by atoms with Crippen LogP contribution in [0.2, 0.25) is 0 Å². The first-order valence-electron chi connectivity index (χ1n) is 7.60. The fraction of sp³-hybridized carbons (Fsp3) is 0.294. The first-order chi connectivity index (χ1) is 11.1. The van der Waals surface area contributed by atoms with Crippen LogP contribution in [0.1, 0.15) is 19.8 Å². The molecule has 0 aromatic heterocycles. The van der Waals surface area contributed by atoms with Crippen LogP contribution in [-0.4, -0.2) is 21.1 Å². The summed E-state index contributed by atoms with van der Waals surface area (Å²) in [5.74, 6) is 1.21. The fourth-order valence-electron chi connectivity index (χ4n) is 2.46. The van der Waals surface area contributed by atoms with Crippen LogP contribution in [0.5, 0.6) is 11.5 Å². The summed E-state index contributed by atoms with van der Waals surface area (Å²) in [5.41, 5.74) is 0.449. The second kappa shape index (κ2) is 6.50. The summed E-state index contributed by atoms with van der Waals surface area (Å²) in [6.45, 7) is 2.58. The van der Waals surface area contributed by atoms with Crippen LogP contribution in [-0.2, 0) is 10.0 Å². The molecule has 0 amide bonds. The summed E-state index contributed by atoms with van der Waals surface area (Å²) in [6.07, 6.45) is 2.01. The van der Waals surface area contributed by atoms with E-state index in [4.69, 9.17) is 9.47 Å². The molecule has 1 atom stereocenters. The SMILES string of the molecule is CCCC1COc2cc(NS(=O)(=O)c3ccccc3)ccc2O1. The molecule has 1 aliphatic rings. The lowest BCUT2D eigenvalue weighted by Crippen LogP contribution is -2.28. The third kappa shape index (κ3) is 3.59. The van der Waals surface area contributed by atoms with Crippen molar-refractivity contribution in [1.29, 1.82) is 0 Å². The molecule has 0 radical (unpaired) electrons.